The molecule has 2 aromatic rings. The fourth-order valence-electron chi connectivity index (χ4n) is 3.11. The van der Waals surface area contributed by atoms with Crippen LogP contribution in [0.1, 0.15) is 32.4 Å². The first-order valence-corrected chi connectivity index (χ1v) is 10.2. The van der Waals surface area contributed by atoms with E-state index >= 15 is 0 Å². The average molecular weight is 387 g/mol. The van der Waals surface area contributed by atoms with Crippen molar-refractivity contribution < 1.29 is 9.59 Å². The van der Waals surface area contributed by atoms with Crippen molar-refractivity contribution in [1.82, 2.24) is 20.5 Å². The number of piperidine rings is 1. The predicted molar refractivity (Wildman–Crippen MR) is 107 cm³/mol. The van der Waals surface area contributed by atoms with Gasteiger partial charge in [0.25, 0.3) is 0 Å². The summed E-state index contributed by atoms with van der Waals surface area (Å²) in [7, 11) is 0. The number of rotatable bonds is 5. The van der Waals surface area contributed by atoms with Gasteiger partial charge in [-0.3, -0.25) is 4.79 Å². The van der Waals surface area contributed by atoms with E-state index in [0.29, 0.717) is 32.5 Å². The first-order valence-electron chi connectivity index (χ1n) is 9.36. The molecule has 3 amide bonds. The molecular weight excluding hydrogens is 360 g/mol. The number of hydrogen-bond donors (Lipinski definition) is 2. The van der Waals surface area contributed by atoms with Gasteiger partial charge in [-0.25, -0.2) is 9.78 Å². The van der Waals surface area contributed by atoms with Crippen molar-refractivity contribution >= 4 is 23.3 Å². The topological polar surface area (TPSA) is 74.3 Å². The maximum absolute atomic E-state index is 12.4. The van der Waals surface area contributed by atoms with Crippen molar-refractivity contribution in [2.45, 2.75) is 39.3 Å². The molecule has 0 spiro atoms. The molecule has 144 valence electrons. The first-order chi connectivity index (χ1) is 13.0. The van der Waals surface area contributed by atoms with Crippen LogP contribution in [0.4, 0.5) is 4.79 Å². The van der Waals surface area contributed by atoms with E-state index in [9.17, 15) is 9.59 Å². The number of nitrogens with zero attached hydrogens (tertiary/aromatic N) is 2. The van der Waals surface area contributed by atoms with Crippen molar-refractivity contribution in [2.75, 3.05) is 13.1 Å². The molecule has 1 aromatic carbocycles. The fraction of sp³-hybridized carbons (Fsp3) is 0.450. The Morgan fingerprint density at radius 1 is 1.22 bits per heavy atom. The van der Waals surface area contributed by atoms with Gasteiger partial charge in [0, 0.05) is 36.0 Å². The summed E-state index contributed by atoms with van der Waals surface area (Å²) in [5.41, 5.74) is 1.97. The highest BCUT2D eigenvalue weighted by Crippen LogP contribution is 2.23. The first kappa shape index (κ1) is 19.4. The van der Waals surface area contributed by atoms with E-state index in [4.69, 9.17) is 0 Å². The Kier molecular flexibility index (Phi) is 6.45. The molecule has 3 rings (SSSR count). The SMILES string of the molecule is CC(C)NC(=O)N1CCC(C(=O)NCc2csc(-c3ccccc3)n2)CC1. The van der Waals surface area contributed by atoms with Crippen molar-refractivity contribution in [3.8, 4) is 10.6 Å². The van der Waals surface area contributed by atoms with Crippen LogP contribution in [-0.2, 0) is 11.3 Å². The molecule has 6 nitrogen and oxygen atoms in total. The van der Waals surface area contributed by atoms with E-state index in [-0.39, 0.29) is 23.9 Å². The molecule has 0 radical (unpaired) electrons. The highest BCUT2D eigenvalue weighted by Gasteiger charge is 2.27. The molecule has 0 saturated carbocycles. The van der Waals surface area contributed by atoms with Crippen LogP contribution < -0.4 is 10.6 Å². The second-order valence-corrected chi connectivity index (χ2v) is 7.95. The Balaban J connectivity index is 1.45. The van der Waals surface area contributed by atoms with Crippen LogP contribution in [0, 0.1) is 5.92 Å². The lowest BCUT2D eigenvalue weighted by atomic mass is 9.96. The third-order valence-corrected chi connectivity index (χ3v) is 5.52. The third kappa shape index (κ3) is 5.29. The molecule has 0 bridgehead atoms. The summed E-state index contributed by atoms with van der Waals surface area (Å²) in [5, 5.41) is 8.84. The van der Waals surface area contributed by atoms with Gasteiger partial charge in [-0.05, 0) is 26.7 Å². The molecule has 0 atom stereocenters. The van der Waals surface area contributed by atoms with E-state index in [0.717, 1.165) is 16.3 Å². The van der Waals surface area contributed by atoms with Crippen LogP contribution in [0.15, 0.2) is 35.7 Å². The van der Waals surface area contributed by atoms with Crippen LogP contribution in [0.5, 0.6) is 0 Å². The Morgan fingerprint density at radius 2 is 1.93 bits per heavy atom. The summed E-state index contributed by atoms with van der Waals surface area (Å²) in [5.74, 6) is 0.00788. The molecule has 1 aromatic heterocycles. The standard InChI is InChI=1S/C20H26N4O2S/c1-14(2)22-20(26)24-10-8-15(9-11-24)18(25)21-12-17-13-27-19(23-17)16-6-4-3-5-7-16/h3-7,13-15H,8-12H2,1-2H3,(H,21,25)(H,22,26). The van der Waals surface area contributed by atoms with Gasteiger partial charge in [0.1, 0.15) is 5.01 Å². The van der Waals surface area contributed by atoms with Gasteiger partial charge in [-0.15, -0.1) is 11.3 Å². The molecule has 2 heterocycles. The van der Waals surface area contributed by atoms with Gasteiger partial charge < -0.3 is 15.5 Å². The van der Waals surface area contributed by atoms with Gasteiger partial charge in [0.2, 0.25) is 5.91 Å². The van der Waals surface area contributed by atoms with E-state index in [1.165, 1.54) is 0 Å². The second kappa shape index (κ2) is 8.99. The smallest absolute Gasteiger partial charge is 0.317 e. The number of carbonyl (C=O) groups excluding carboxylic acids is 2. The zero-order valence-electron chi connectivity index (χ0n) is 15.8. The number of nitrogens with one attached hydrogen (secondary N) is 2. The molecular formula is C20H26N4O2S. The number of hydrogen-bond acceptors (Lipinski definition) is 4. The molecule has 2 N–H and O–H groups in total. The molecule has 27 heavy (non-hydrogen) atoms. The van der Waals surface area contributed by atoms with E-state index in [1.54, 1.807) is 16.2 Å². The van der Waals surface area contributed by atoms with Gasteiger partial charge in [-0.2, -0.15) is 0 Å². The van der Waals surface area contributed by atoms with Crippen LogP contribution in [0.2, 0.25) is 0 Å². The lowest BCUT2D eigenvalue weighted by Gasteiger charge is -2.31. The van der Waals surface area contributed by atoms with Crippen molar-refractivity contribution in [3.63, 3.8) is 0 Å². The van der Waals surface area contributed by atoms with Crippen LogP contribution >= 0.6 is 11.3 Å². The normalized spacial score (nSPS) is 15.0. The van der Waals surface area contributed by atoms with Gasteiger partial charge in [-0.1, -0.05) is 30.3 Å². The second-order valence-electron chi connectivity index (χ2n) is 7.09. The minimum absolute atomic E-state index is 0.0414. The number of benzene rings is 1. The van der Waals surface area contributed by atoms with Crippen molar-refractivity contribution in [2.24, 2.45) is 5.92 Å². The van der Waals surface area contributed by atoms with Crippen LogP contribution in [0.25, 0.3) is 10.6 Å². The quantitative estimate of drug-likeness (QED) is 0.828. The Bertz CT molecular complexity index is 767. The number of aromatic nitrogens is 1. The fourth-order valence-corrected chi connectivity index (χ4v) is 3.93. The lowest BCUT2D eigenvalue weighted by molar-refractivity contribution is -0.126. The minimum Gasteiger partial charge on any atom is -0.350 e. The summed E-state index contributed by atoms with van der Waals surface area (Å²) >= 11 is 1.58. The molecule has 1 aliphatic rings. The number of amides is 3. The summed E-state index contributed by atoms with van der Waals surface area (Å²) in [6.07, 6.45) is 1.40. The van der Waals surface area contributed by atoms with Gasteiger partial charge in [0.05, 0.1) is 12.2 Å². The summed E-state index contributed by atoms with van der Waals surface area (Å²) in [6.45, 7) is 5.56. The largest absolute Gasteiger partial charge is 0.350 e. The number of urea groups is 1. The molecule has 0 unspecified atom stereocenters. The molecule has 0 aliphatic carbocycles. The Labute approximate surface area is 164 Å². The monoisotopic (exact) mass is 386 g/mol. The van der Waals surface area contributed by atoms with Gasteiger partial charge >= 0.3 is 6.03 Å². The Morgan fingerprint density at radius 3 is 2.59 bits per heavy atom. The van der Waals surface area contributed by atoms with Crippen LogP contribution in [0.3, 0.4) is 0 Å². The third-order valence-electron chi connectivity index (χ3n) is 4.58. The predicted octanol–water partition coefficient (Wildman–Crippen LogP) is 3.26. The summed E-state index contributed by atoms with van der Waals surface area (Å²) in [6, 6.07) is 10.1. The maximum Gasteiger partial charge on any atom is 0.317 e. The summed E-state index contributed by atoms with van der Waals surface area (Å²) in [4.78, 5) is 30.9. The van der Waals surface area contributed by atoms with Gasteiger partial charge in [0.15, 0.2) is 0 Å². The average Bonchev–Trinajstić information content (AvgIpc) is 3.15. The Hall–Kier alpha value is -2.41. The minimum atomic E-state index is -0.0419. The van der Waals surface area contributed by atoms with E-state index in [1.807, 2.05) is 49.6 Å². The molecule has 1 saturated heterocycles. The highest BCUT2D eigenvalue weighted by atomic mass is 32.1. The zero-order valence-corrected chi connectivity index (χ0v) is 16.6. The van der Waals surface area contributed by atoms with Crippen molar-refractivity contribution in [1.29, 1.82) is 0 Å². The summed E-state index contributed by atoms with van der Waals surface area (Å²) < 4.78 is 0. The molecule has 1 aliphatic heterocycles. The maximum atomic E-state index is 12.4. The lowest BCUT2D eigenvalue weighted by Crippen LogP contribution is -2.48. The van der Waals surface area contributed by atoms with Crippen molar-refractivity contribution in [3.05, 3.63) is 41.4 Å². The zero-order chi connectivity index (χ0) is 19.2. The van der Waals surface area contributed by atoms with E-state index in [2.05, 4.69) is 15.6 Å². The highest BCUT2D eigenvalue weighted by molar-refractivity contribution is 7.13. The number of thiazole rings is 1. The number of carbonyl (C=O) groups is 2. The molecule has 1 fully saturated rings. The number of likely N-dealkylation sites (tertiary alicyclic amines) is 1. The van der Waals surface area contributed by atoms with Crippen LogP contribution in [-0.4, -0.2) is 41.0 Å². The molecule has 7 heteroatoms. The van der Waals surface area contributed by atoms with E-state index < -0.39 is 0 Å².